The maximum atomic E-state index is 13.0. The molecule has 1 atom stereocenters. The summed E-state index contributed by atoms with van der Waals surface area (Å²) in [6.07, 6.45) is 3.97. The molecule has 6 nitrogen and oxygen atoms in total. The van der Waals surface area contributed by atoms with Crippen molar-refractivity contribution in [2.45, 2.75) is 39.5 Å². The SMILES string of the molecule is Cc1ccc(-c2nc(C#N)c(N3CCC[C@@H](C(=O)N4CCC(C)CC4)C3)o2)cc1. The number of anilines is 1. The summed E-state index contributed by atoms with van der Waals surface area (Å²) in [5.41, 5.74) is 2.30. The van der Waals surface area contributed by atoms with E-state index in [1.165, 1.54) is 0 Å². The largest absolute Gasteiger partial charge is 0.419 e. The second-order valence-electron chi connectivity index (χ2n) is 8.44. The van der Waals surface area contributed by atoms with Crippen LogP contribution in [-0.4, -0.2) is 42.0 Å². The smallest absolute Gasteiger partial charge is 0.235 e. The van der Waals surface area contributed by atoms with Gasteiger partial charge in [0.15, 0.2) is 0 Å². The van der Waals surface area contributed by atoms with E-state index >= 15 is 0 Å². The third-order valence-corrected chi connectivity index (χ3v) is 6.17. The van der Waals surface area contributed by atoms with Crippen LogP contribution < -0.4 is 4.90 Å². The number of carbonyl (C=O) groups excluding carboxylic acids is 1. The minimum absolute atomic E-state index is 0.0448. The number of nitriles is 1. The van der Waals surface area contributed by atoms with E-state index in [1.807, 2.05) is 41.0 Å². The van der Waals surface area contributed by atoms with Crippen molar-refractivity contribution < 1.29 is 9.21 Å². The van der Waals surface area contributed by atoms with Crippen molar-refractivity contribution in [3.63, 3.8) is 0 Å². The Morgan fingerprint density at radius 1 is 1.17 bits per heavy atom. The molecule has 4 rings (SSSR count). The van der Waals surface area contributed by atoms with Crippen LogP contribution in [0.25, 0.3) is 11.5 Å². The lowest BCUT2D eigenvalue weighted by Gasteiger charge is -2.37. The first kappa shape index (κ1) is 19.5. The molecule has 1 amide bonds. The Morgan fingerprint density at radius 3 is 2.59 bits per heavy atom. The fourth-order valence-corrected chi connectivity index (χ4v) is 4.27. The van der Waals surface area contributed by atoms with Gasteiger partial charge in [-0.25, -0.2) is 0 Å². The van der Waals surface area contributed by atoms with Crippen LogP contribution >= 0.6 is 0 Å². The van der Waals surface area contributed by atoms with Gasteiger partial charge in [-0.3, -0.25) is 4.79 Å². The van der Waals surface area contributed by atoms with Crippen molar-refractivity contribution in [1.82, 2.24) is 9.88 Å². The van der Waals surface area contributed by atoms with Gasteiger partial charge in [0.05, 0.1) is 5.92 Å². The summed E-state index contributed by atoms with van der Waals surface area (Å²) in [5, 5.41) is 9.58. The van der Waals surface area contributed by atoms with E-state index in [4.69, 9.17) is 4.42 Å². The van der Waals surface area contributed by atoms with Crippen molar-refractivity contribution in [2.24, 2.45) is 11.8 Å². The molecule has 6 heteroatoms. The molecule has 152 valence electrons. The Labute approximate surface area is 172 Å². The maximum absolute atomic E-state index is 13.0. The summed E-state index contributed by atoms with van der Waals surface area (Å²) in [7, 11) is 0. The molecule has 0 aliphatic carbocycles. The fraction of sp³-hybridized carbons (Fsp3) is 0.522. The zero-order valence-electron chi connectivity index (χ0n) is 17.2. The van der Waals surface area contributed by atoms with Gasteiger partial charge in [-0.15, -0.1) is 0 Å². The summed E-state index contributed by atoms with van der Waals surface area (Å²) >= 11 is 0. The molecular weight excluding hydrogens is 364 g/mol. The lowest BCUT2D eigenvalue weighted by atomic mass is 9.93. The average Bonchev–Trinajstić information content (AvgIpc) is 3.19. The highest BCUT2D eigenvalue weighted by atomic mass is 16.4. The Balaban J connectivity index is 1.51. The first-order valence-electron chi connectivity index (χ1n) is 10.6. The zero-order chi connectivity index (χ0) is 20.4. The molecule has 2 saturated heterocycles. The lowest BCUT2D eigenvalue weighted by Crippen LogP contribution is -2.47. The second kappa shape index (κ2) is 8.28. The number of hydrogen-bond acceptors (Lipinski definition) is 5. The standard InChI is InChI=1S/C23H28N4O2/c1-16-5-7-18(8-6-16)21-25-20(14-24)23(29-21)27-11-3-4-19(15-27)22(28)26-12-9-17(2)10-13-26/h5-8,17,19H,3-4,9-13,15H2,1-2H3/t19-/m1/s1. The number of benzene rings is 1. The molecule has 1 aromatic heterocycles. The normalized spacial score (nSPS) is 20.5. The number of carbonyl (C=O) groups is 1. The van der Waals surface area contributed by atoms with Gasteiger partial charge in [0.1, 0.15) is 6.07 Å². The number of likely N-dealkylation sites (tertiary alicyclic amines) is 1. The quantitative estimate of drug-likeness (QED) is 0.789. The summed E-state index contributed by atoms with van der Waals surface area (Å²) in [6.45, 7) is 7.36. The summed E-state index contributed by atoms with van der Waals surface area (Å²) in [4.78, 5) is 21.5. The van der Waals surface area contributed by atoms with E-state index in [1.54, 1.807) is 0 Å². The molecule has 0 radical (unpaired) electrons. The van der Waals surface area contributed by atoms with Crippen LogP contribution in [0.1, 0.15) is 43.9 Å². The Kier molecular flexibility index (Phi) is 5.57. The number of aryl methyl sites for hydroxylation is 1. The molecule has 0 spiro atoms. The topological polar surface area (TPSA) is 73.4 Å². The van der Waals surface area contributed by atoms with Gasteiger partial charge >= 0.3 is 0 Å². The molecule has 2 aliphatic heterocycles. The van der Waals surface area contributed by atoms with Gasteiger partial charge in [-0.05, 0) is 50.7 Å². The minimum Gasteiger partial charge on any atom is -0.419 e. The van der Waals surface area contributed by atoms with Crippen molar-refractivity contribution in [1.29, 1.82) is 5.26 Å². The van der Waals surface area contributed by atoms with Crippen LogP contribution in [0.3, 0.4) is 0 Å². The lowest BCUT2D eigenvalue weighted by molar-refractivity contribution is -0.137. The predicted molar refractivity (Wildman–Crippen MR) is 111 cm³/mol. The third kappa shape index (κ3) is 4.14. The molecule has 2 aromatic rings. The first-order chi connectivity index (χ1) is 14.0. The number of rotatable bonds is 3. The highest BCUT2D eigenvalue weighted by Crippen LogP contribution is 2.32. The van der Waals surface area contributed by atoms with Gasteiger partial charge in [-0.2, -0.15) is 10.2 Å². The molecule has 29 heavy (non-hydrogen) atoms. The number of aromatic nitrogens is 1. The van der Waals surface area contributed by atoms with E-state index < -0.39 is 0 Å². The van der Waals surface area contributed by atoms with Crippen molar-refractivity contribution in [3.05, 3.63) is 35.5 Å². The molecule has 0 saturated carbocycles. The molecular formula is C23H28N4O2. The Bertz CT molecular complexity index is 904. The van der Waals surface area contributed by atoms with Gasteiger partial charge in [-0.1, -0.05) is 24.6 Å². The fourth-order valence-electron chi connectivity index (χ4n) is 4.27. The van der Waals surface area contributed by atoms with Crippen LogP contribution in [0.5, 0.6) is 0 Å². The number of oxazole rings is 1. The minimum atomic E-state index is -0.0448. The van der Waals surface area contributed by atoms with Gasteiger partial charge in [0.25, 0.3) is 0 Å². The van der Waals surface area contributed by atoms with Crippen molar-refractivity contribution >= 4 is 11.8 Å². The third-order valence-electron chi connectivity index (χ3n) is 6.17. The first-order valence-corrected chi connectivity index (χ1v) is 10.6. The van der Waals surface area contributed by atoms with E-state index in [9.17, 15) is 10.1 Å². The highest BCUT2D eigenvalue weighted by Gasteiger charge is 2.33. The van der Waals surface area contributed by atoms with Crippen molar-refractivity contribution in [3.8, 4) is 17.5 Å². The Hall–Kier alpha value is -2.81. The molecule has 0 unspecified atom stereocenters. The van der Waals surface area contributed by atoms with Crippen molar-refractivity contribution in [2.75, 3.05) is 31.1 Å². The monoisotopic (exact) mass is 392 g/mol. The van der Waals surface area contributed by atoms with Crippen LogP contribution in [0.15, 0.2) is 28.7 Å². The summed E-state index contributed by atoms with van der Waals surface area (Å²) in [5.74, 6) is 1.85. The Morgan fingerprint density at radius 2 is 1.90 bits per heavy atom. The number of amides is 1. The van der Waals surface area contributed by atoms with Gasteiger partial charge in [0, 0.05) is 31.7 Å². The van der Waals surface area contributed by atoms with Crippen LogP contribution in [-0.2, 0) is 4.79 Å². The van der Waals surface area contributed by atoms with E-state index in [2.05, 4.69) is 18.0 Å². The maximum Gasteiger partial charge on any atom is 0.235 e. The average molecular weight is 393 g/mol. The van der Waals surface area contributed by atoms with E-state index in [-0.39, 0.29) is 11.8 Å². The van der Waals surface area contributed by atoms with Gasteiger partial charge < -0.3 is 14.2 Å². The van der Waals surface area contributed by atoms with Crippen LogP contribution in [0, 0.1) is 30.1 Å². The molecule has 1 aromatic carbocycles. The molecule has 0 bridgehead atoms. The molecule has 2 fully saturated rings. The van der Waals surface area contributed by atoms with E-state index in [0.29, 0.717) is 29.9 Å². The van der Waals surface area contributed by atoms with E-state index in [0.717, 1.165) is 56.4 Å². The predicted octanol–water partition coefficient (Wildman–Crippen LogP) is 4.00. The highest BCUT2D eigenvalue weighted by molar-refractivity contribution is 5.80. The number of piperidine rings is 2. The molecule has 3 heterocycles. The summed E-state index contributed by atoms with van der Waals surface area (Å²) < 4.78 is 6.03. The van der Waals surface area contributed by atoms with Crippen LogP contribution in [0.2, 0.25) is 0 Å². The molecule has 2 aliphatic rings. The summed E-state index contributed by atoms with van der Waals surface area (Å²) in [6, 6.07) is 10.1. The zero-order valence-corrected chi connectivity index (χ0v) is 17.2. The molecule has 0 N–H and O–H groups in total. The van der Waals surface area contributed by atoms with Gasteiger partial charge in [0.2, 0.25) is 23.4 Å². The number of hydrogen-bond donors (Lipinski definition) is 0. The van der Waals surface area contributed by atoms with Crippen LogP contribution in [0.4, 0.5) is 5.88 Å². The number of nitrogens with zero attached hydrogens (tertiary/aromatic N) is 4. The second-order valence-corrected chi connectivity index (χ2v) is 8.44.